The molecule has 116 valence electrons. The average molecular weight is 288 g/mol. The highest BCUT2D eigenvalue weighted by atomic mass is 19.3. The van der Waals surface area contributed by atoms with Crippen LogP contribution in [0.2, 0.25) is 0 Å². The van der Waals surface area contributed by atoms with Gasteiger partial charge in [0.2, 0.25) is 5.91 Å². The first-order valence-corrected chi connectivity index (χ1v) is 7.70. The number of likely N-dealkylation sites (tertiary alicyclic amines) is 1. The van der Waals surface area contributed by atoms with E-state index in [2.05, 4.69) is 10.2 Å². The molecule has 0 aromatic carbocycles. The molecule has 1 aliphatic carbocycles. The summed E-state index contributed by atoms with van der Waals surface area (Å²) >= 11 is 0. The van der Waals surface area contributed by atoms with Crippen molar-refractivity contribution in [3.8, 4) is 0 Å². The average Bonchev–Trinajstić information content (AvgIpc) is 2.95. The van der Waals surface area contributed by atoms with E-state index >= 15 is 0 Å². The third-order valence-electron chi connectivity index (χ3n) is 4.18. The van der Waals surface area contributed by atoms with Gasteiger partial charge in [-0.25, -0.2) is 8.78 Å². The molecule has 1 aliphatic heterocycles. The van der Waals surface area contributed by atoms with Gasteiger partial charge < -0.3 is 10.2 Å². The zero-order chi connectivity index (χ0) is 14.8. The van der Waals surface area contributed by atoms with E-state index in [4.69, 9.17) is 0 Å². The third-order valence-corrected chi connectivity index (χ3v) is 4.18. The van der Waals surface area contributed by atoms with Gasteiger partial charge in [0.15, 0.2) is 0 Å². The van der Waals surface area contributed by atoms with Crippen molar-refractivity contribution in [2.24, 2.45) is 5.92 Å². The van der Waals surface area contributed by atoms with Crippen LogP contribution in [0.3, 0.4) is 0 Å². The van der Waals surface area contributed by atoms with Crippen LogP contribution in [0, 0.1) is 5.92 Å². The Bertz CT molecular complexity index is 350. The molecule has 5 heteroatoms. The lowest BCUT2D eigenvalue weighted by Gasteiger charge is -2.33. The van der Waals surface area contributed by atoms with Gasteiger partial charge in [-0.05, 0) is 39.8 Å². The van der Waals surface area contributed by atoms with Crippen LogP contribution in [-0.2, 0) is 4.79 Å². The number of amides is 1. The second kappa shape index (κ2) is 5.96. The number of alkyl halides is 2. The molecule has 0 unspecified atom stereocenters. The highest BCUT2D eigenvalue weighted by molar-refractivity contribution is 5.77. The van der Waals surface area contributed by atoms with E-state index in [1.165, 1.54) is 25.7 Å². The summed E-state index contributed by atoms with van der Waals surface area (Å²) in [4.78, 5) is 14.2. The van der Waals surface area contributed by atoms with Crippen molar-refractivity contribution in [3.05, 3.63) is 0 Å². The van der Waals surface area contributed by atoms with Gasteiger partial charge in [0.25, 0.3) is 5.92 Å². The number of rotatable bonds is 5. The van der Waals surface area contributed by atoms with Gasteiger partial charge in [-0.3, -0.25) is 4.79 Å². The van der Waals surface area contributed by atoms with E-state index in [9.17, 15) is 13.6 Å². The van der Waals surface area contributed by atoms with Crippen LogP contribution in [-0.4, -0.2) is 41.9 Å². The van der Waals surface area contributed by atoms with Crippen molar-refractivity contribution < 1.29 is 13.6 Å². The highest BCUT2D eigenvalue weighted by Crippen LogP contribution is 2.50. The first-order valence-electron chi connectivity index (χ1n) is 7.70. The summed E-state index contributed by atoms with van der Waals surface area (Å²) in [5.74, 6) is -3.59. The maximum Gasteiger partial charge on any atom is 0.252 e. The zero-order valence-corrected chi connectivity index (χ0v) is 12.6. The number of halogens is 2. The molecule has 1 atom stereocenters. The Kier molecular flexibility index (Phi) is 4.67. The Morgan fingerprint density at radius 1 is 1.25 bits per heavy atom. The number of carbonyl (C=O) groups is 1. The molecule has 0 radical (unpaired) electrons. The quantitative estimate of drug-likeness (QED) is 0.843. The summed E-state index contributed by atoms with van der Waals surface area (Å²) in [7, 11) is 0. The molecule has 3 nitrogen and oxygen atoms in total. The maximum absolute atomic E-state index is 12.8. The minimum Gasteiger partial charge on any atom is -0.350 e. The minimum absolute atomic E-state index is 0.0452. The van der Waals surface area contributed by atoms with Crippen molar-refractivity contribution in [1.82, 2.24) is 10.2 Å². The fraction of sp³-hybridized carbons (Fsp3) is 0.933. The molecule has 1 heterocycles. The van der Waals surface area contributed by atoms with Crippen LogP contribution >= 0.6 is 0 Å². The van der Waals surface area contributed by atoms with Gasteiger partial charge in [-0.2, -0.15) is 0 Å². The monoisotopic (exact) mass is 288 g/mol. The smallest absolute Gasteiger partial charge is 0.252 e. The molecular formula is C15H26F2N2O. The van der Waals surface area contributed by atoms with E-state index in [-0.39, 0.29) is 24.3 Å². The standard InChI is InChI=1S/C15H26F2N2O/c1-14(2,11-19-7-5-3-4-6-8-19)18-13(20)9-12-10-15(12,16)17/h12H,3-11H2,1-2H3,(H,18,20)/t12-/m1/s1. The van der Waals surface area contributed by atoms with Crippen LogP contribution in [0.1, 0.15) is 52.4 Å². The lowest BCUT2D eigenvalue weighted by atomic mass is 10.0. The molecule has 1 N–H and O–H groups in total. The third kappa shape index (κ3) is 4.69. The molecule has 0 aromatic heterocycles. The van der Waals surface area contributed by atoms with Crippen molar-refractivity contribution >= 4 is 5.91 Å². The van der Waals surface area contributed by atoms with Crippen LogP contribution in [0.25, 0.3) is 0 Å². The fourth-order valence-corrected chi connectivity index (χ4v) is 3.04. The first kappa shape index (κ1) is 15.7. The van der Waals surface area contributed by atoms with Crippen molar-refractivity contribution in [1.29, 1.82) is 0 Å². The van der Waals surface area contributed by atoms with Crippen LogP contribution < -0.4 is 5.32 Å². The number of nitrogens with zero attached hydrogens (tertiary/aromatic N) is 1. The van der Waals surface area contributed by atoms with E-state index in [1.807, 2.05) is 13.8 Å². The molecule has 20 heavy (non-hydrogen) atoms. The predicted octanol–water partition coefficient (Wildman–Crippen LogP) is 2.80. The van der Waals surface area contributed by atoms with E-state index < -0.39 is 11.8 Å². The van der Waals surface area contributed by atoms with Gasteiger partial charge >= 0.3 is 0 Å². The van der Waals surface area contributed by atoms with Gasteiger partial charge in [0.1, 0.15) is 0 Å². The summed E-state index contributed by atoms with van der Waals surface area (Å²) in [6.07, 6.45) is 4.79. The summed E-state index contributed by atoms with van der Waals surface area (Å²) in [6, 6.07) is 0. The van der Waals surface area contributed by atoms with Crippen molar-refractivity contribution in [3.63, 3.8) is 0 Å². The van der Waals surface area contributed by atoms with Crippen LogP contribution in [0.4, 0.5) is 8.78 Å². The molecule has 2 rings (SSSR count). The molecule has 2 aliphatic rings. The molecule has 1 amide bonds. The van der Waals surface area contributed by atoms with Crippen LogP contribution in [0.5, 0.6) is 0 Å². The Labute approximate surface area is 120 Å². The predicted molar refractivity (Wildman–Crippen MR) is 74.8 cm³/mol. The lowest BCUT2D eigenvalue weighted by Crippen LogP contribution is -2.51. The normalized spacial score (nSPS) is 26.9. The Hall–Kier alpha value is -0.710. The Morgan fingerprint density at radius 3 is 2.30 bits per heavy atom. The summed E-state index contributed by atoms with van der Waals surface area (Å²) < 4.78 is 25.6. The number of hydrogen-bond donors (Lipinski definition) is 1. The minimum atomic E-state index is -2.60. The van der Waals surface area contributed by atoms with Gasteiger partial charge in [0, 0.05) is 30.8 Å². The summed E-state index contributed by atoms with van der Waals surface area (Å²) in [6.45, 7) is 6.88. The van der Waals surface area contributed by atoms with Crippen molar-refractivity contribution in [2.45, 2.75) is 63.8 Å². The molecular weight excluding hydrogens is 262 g/mol. The molecule has 1 saturated heterocycles. The molecule has 0 aromatic rings. The topological polar surface area (TPSA) is 32.3 Å². The Balaban J connectivity index is 1.76. The second-order valence-corrected chi connectivity index (χ2v) is 6.99. The van der Waals surface area contributed by atoms with E-state index in [0.29, 0.717) is 0 Å². The van der Waals surface area contributed by atoms with E-state index in [0.717, 1.165) is 19.6 Å². The fourth-order valence-electron chi connectivity index (χ4n) is 3.04. The van der Waals surface area contributed by atoms with Gasteiger partial charge in [0.05, 0.1) is 0 Å². The summed E-state index contributed by atoms with van der Waals surface area (Å²) in [5, 5.41) is 2.92. The van der Waals surface area contributed by atoms with E-state index in [1.54, 1.807) is 0 Å². The van der Waals surface area contributed by atoms with Crippen molar-refractivity contribution in [2.75, 3.05) is 19.6 Å². The SMILES string of the molecule is CC(C)(CN1CCCCCC1)NC(=O)C[C@@H]1CC1(F)F. The number of nitrogens with one attached hydrogen (secondary N) is 1. The second-order valence-electron chi connectivity index (χ2n) is 6.99. The number of carbonyl (C=O) groups excluding carboxylic acids is 1. The van der Waals surface area contributed by atoms with Crippen LogP contribution in [0.15, 0.2) is 0 Å². The summed E-state index contributed by atoms with van der Waals surface area (Å²) in [5.41, 5.74) is -0.356. The zero-order valence-electron chi connectivity index (χ0n) is 12.6. The number of hydrogen-bond acceptors (Lipinski definition) is 2. The van der Waals surface area contributed by atoms with Gasteiger partial charge in [-0.1, -0.05) is 12.8 Å². The molecule has 1 saturated carbocycles. The molecule has 2 fully saturated rings. The highest BCUT2D eigenvalue weighted by Gasteiger charge is 2.57. The molecule has 0 spiro atoms. The maximum atomic E-state index is 12.8. The first-order chi connectivity index (χ1) is 9.28. The molecule has 0 bridgehead atoms. The Morgan fingerprint density at radius 2 is 1.80 bits per heavy atom. The van der Waals surface area contributed by atoms with Gasteiger partial charge in [-0.15, -0.1) is 0 Å². The lowest BCUT2D eigenvalue weighted by molar-refractivity contribution is -0.123. The largest absolute Gasteiger partial charge is 0.350 e.